The molecule has 13 atom stereocenters. The van der Waals surface area contributed by atoms with Crippen LogP contribution in [0, 0.1) is 0 Å². The fourth-order valence-corrected chi connectivity index (χ4v) is 8.35. The summed E-state index contributed by atoms with van der Waals surface area (Å²) >= 11 is 0. The molecule has 0 bridgehead atoms. The Hall–Kier alpha value is -2.13. The lowest BCUT2D eigenvalue weighted by molar-refractivity contribution is -0.289. The van der Waals surface area contributed by atoms with Crippen LogP contribution in [0.1, 0.15) is 122 Å². The quantitative estimate of drug-likeness (QED) is 0.0366. The number of aliphatic hydroxyl groups excluding tert-OH is 4. The summed E-state index contributed by atoms with van der Waals surface area (Å²) in [7, 11) is 3.27. The number of unbranched alkanes of at least 4 members (excludes halogenated alkanes) is 4. The average molecular weight is 927 g/mol. The molecule has 4 fully saturated rings. The molecule has 16 heteroatoms. The molecule has 0 spiro atoms. The van der Waals surface area contributed by atoms with E-state index in [9.17, 15) is 25.2 Å². The fraction of sp³-hybridized carbons (Fsp3) is 0.816. The molecule has 4 N–H and O–H groups in total. The van der Waals surface area contributed by atoms with Gasteiger partial charge in [-0.05, 0) is 51.4 Å². The number of hydrogen-bond donors (Lipinski definition) is 4. The van der Waals surface area contributed by atoms with E-state index >= 15 is 0 Å². The van der Waals surface area contributed by atoms with Gasteiger partial charge in [-0.25, -0.2) is 0 Å². The summed E-state index contributed by atoms with van der Waals surface area (Å²) in [5.41, 5.74) is 0. The van der Waals surface area contributed by atoms with Gasteiger partial charge in [0.25, 0.3) is 0 Å². The van der Waals surface area contributed by atoms with Crippen molar-refractivity contribution in [2.24, 2.45) is 0 Å². The van der Waals surface area contributed by atoms with Gasteiger partial charge in [-0.2, -0.15) is 0 Å². The van der Waals surface area contributed by atoms with E-state index in [1.807, 2.05) is 0 Å². The minimum Gasteiger partial charge on any atom is -0.457 e. The first-order valence-electron chi connectivity index (χ1n) is 24.2. The molecule has 0 aromatic carbocycles. The molecule has 4 heterocycles. The van der Waals surface area contributed by atoms with E-state index in [0.29, 0.717) is 51.6 Å². The van der Waals surface area contributed by atoms with E-state index in [2.05, 4.69) is 55.5 Å². The molecule has 0 radical (unpaired) electrons. The SMILES string of the molecule is CCCCC/C=C\C/C=C\C/C=C\C/C=C\CCCC(=O)OC(CO[C@H]1C[C@@H](O[C@H]2C[C@@H](O)C[C@@H](CO)O2)C[C@@H](CO)O1)CO[C@H]1C[C@@H](O[C@H]2CC[C@H](OC)[C@@H](COC)O2)C[C@@H](CO)O1. The van der Waals surface area contributed by atoms with E-state index in [0.717, 1.165) is 32.1 Å². The summed E-state index contributed by atoms with van der Waals surface area (Å²) in [6, 6.07) is 0. The topological polar surface area (TPSA) is 200 Å². The molecule has 0 amide bonds. The summed E-state index contributed by atoms with van der Waals surface area (Å²) in [6.45, 7) is 1.70. The molecule has 16 nitrogen and oxygen atoms in total. The Kier molecular flexibility index (Phi) is 28.5. The van der Waals surface area contributed by atoms with E-state index in [4.69, 9.17) is 52.1 Å². The second-order valence-electron chi connectivity index (χ2n) is 17.4. The molecule has 0 saturated carbocycles. The Labute approximate surface area is 387 Å². The second kappa shape index (κ2) is 33.4. The Bertz CT molecular complexity index is 1360. The van der Waals surface area contributed by atoms with Crippen LogP contribution < -0.4 is 0 Å². The zero-order valence-corrected chi connectivity index (χ0v) is 39.3. The van der Waals surface area contributed by atoms with Gasteiger partial charge in [0, 0.05) is 65.6 Å². The molecule has 1 unspecified atom stereocenters. The van der Waals surface area contributed by atoms with Crippen molar-refractivity contribution < 1.29 is 77.3 Å². The minimum atomic E-state index is -0.849. The highest BCUT2D eigenvalue weighted by atomic mass is 16.7. The zero-order chi connectivity index (χ0) is 46.5. The van der Waals surface area contributed by atoms with Crippen molar-refractivity contribution in [3.8, 4) is 0 Å². The number of methoxy groups -OCH3 is 2. The smallest absolute Gasteiger partial charge is 0.306 e. The predicted octanol–water partition coefficient (Wildman–Crippen LogP) is 5.87. The molecule has 4 aliphatic rings. The third-order valence-corrected chi connectivity index (χ3v) is 11.8. The first-order valence-corrected chi connectivity index (χ1v) is 24.2. The van der Waals surface area contributed by atoms with Crippen LogP contribution in [-0.4, -0.2) is 160 Å². The lowest BCUT2D eigenvalue weighted by Crippen LogP contribution is -2.47. The molecule has 0 aromatic rings. The van der Waals surface area contributed by atoms with Crippen LogP contribution >= 0.6 is 0 Å². The van der Waals surface area contributed by atoms with Gasteiger partial charge in [0.2, 0.25) is 0 Å². The van der Waals surface area contributed by atoms with Gasteiger partial charge < -0.3 is 72.5 Å². The second-order valence-corrected chi connectivity index (χ2v) is 17.4. The first kappa shape index (κ1) is 55.5. The Balaban J connectivity index is 1.28. The number of aliphatic hydroxyl groups is 4. The van der Waals surface area contributed by atoms with Gasteiger partial charge in [0.15, 0.2) is 25.2 Å². The molecule has 65 heavy (non-hydrogen) atoms. The Morgan fingerprint density at radius 2 is 1.17 bits per heavy atom. The molecule has 4 rings (SSSR count). The van der Waals surface area contributed by atoms with Crippen LogP contribution in [0.15, 0.2) is 48.6 Å². The number of hydrogen-bond acceptors (Lipinski definition) is 16. The molecule has 4 saturated heterocycles. The highest BCUT2D eigenvalue weighted by molar-refractivity contribution is 5.69. The van der Waals surface area contributed by atoms with Crippen molar-refractivity contribution in [1.29, 1.82) is 0 Å². The summed E-state index contributed by atoms with van der Waals surface area (Å²) in [5.74, 6) is -0.406. The lowest BCUT2D eigenvalue weighted by atomic mass is 10.0. The number of carbonyl (C=O) groups is 1. The number of ether oxygens (including phenoxy) is 11. The van der Waals surface area contributed by atoms with Crippen molar-refractivity contribution in [2.75, 3.05) is 53.9 Å². The molecular weight excluding hydrogens is 845 g/mol. The van der Waals surface area contributed by atoms with Crippen molar-refractivity contribution in [1.82, 2.24) is 0 Å². The van der Waals surface area contributed by atoms with E-state index in [-0.39, 0.29) is 70.6 Å². The fourth-order valence-electron chi connectivity index (χ4n) is 8.35. The van der Waals surface area contributed by atoms with Gasteiger partial charge in [-0.1, -0.05) is 68.4 Å². The standard InChI is InChI=1S/C49H82O16/c1-4-5-6-7-8-9-10-11-12-13-14-15-16-17-18-19-20-21-45(54)59-42(34-58-48-29-38(27-41(32-52)63-48)61-49-25-36(53)24-39(30-50)64-49)33-57-47-28-37(26-40(31-51)62-47)60-46-23-22-43(56-3)44(65-46)35-55-2/h8-9,11-12,14-15,17-18,36-44,46-53H,4-7,10,13,16,19-35H2,1-3H3/b9-8-,12-11-,15-14-,18-17-/t36-,37-,38-,39-,40-,41-,42?,43-,44+,46+,47+,48+,49+/m0/s1. The number of allylic oxidation sites excluding steroid dienone is 8. The maximum absolute atomic E-state index is 13.2. The average Bonchev–Trinajstić information content (AvgIpc) is 3.30. The normalized spacial score (nSPS) is 32.0. The summed E-state index contributed by atoms with van der Waals surface area (Å²) in [5, 5.41) is 40.1. The lowest BCUT2D eigenvalue weighted by Gasteiger charge is -2.40. The third-order valence-electron chi connectivity index (χ3n) is 11.8. The highest BCUT2D eigenvalue weighted by Gasteiger charge is 2.39. The Morgan fingerprint density at radius 1 is 0.631 bits per heavy atom. The van der Waals surface area contributed by atoms with Crippen LogP contribution in [0.25, 0.3) is 0 Å². The summed E-state index contributed by atoms with van der Waals surface area (Å²) in [6.07, 6.45) is 22.8. The predicted molar refractivity (Wildman–Crippen MR) is 241 cm³/mol. The zero-order valence-electron chi connectivity index (χ0n) is 39.3. The van der Waals surface area contributed by atoms with Crippen molar-refractivity contribution >= 4 is 5.97 Å². The Morgan fingerprint density at radius 3 is 1.72 bits per heavy atom. The number of esters is 1. The monoisotopic (exact) mass is 927 g/mol. The maximum Gasteiger partial charge on any atom is 0.306 e. The van der Waals surface area contributed by atoms with E-state index in [1.54, 1.807) is 14.2 Å². The van der Waals surface area contributed by atoms with Crippen molar-refractivity contribution in [2.45, 2.75) is 203 Å². The van der Waals surface area contributed by atoms with Crippen LogP contribution in [-0.2, 0) is 56.9 Å². The van der Waals surface area contributed by atoms with E-state index in [1.165, 1.54) is 19.3 Å². The van der Waals surface area contributed by atoms with E-state index < -0.39 is 67.8 Å². The minimum absolute atomic E-state index is 0.0732. The maximum atomic E-state index is 13.2. The van der Waals surface area contributed by atoms with Crippen molar-refractivity contribution in [3.05, 3.63) is 48.6 Å². The number of carbonyl (C=O) groups excluding carboxylic acids is 1. The molecular formula is C49H82O16. The van der Waals surface area contributed by atoms with Gasteiger partial charge in [-0.15, -0.1) is 0 Å². The van der Waals surface area contributed by atoms with Crippen LogP contribution in [0.5, 0.6) is 0 Å². The first-order chi connectivity index (χ1) is 31.7. The van der Waals surface area contributed by atoms with Crippen LogP contribution in [0.2, 0.25) is 0 Å². The van der Waals surface area contributed by atoms with Gasteiger partial charge >= 0.3 is 5.97 Å². The third kappa shape index (κ3) is 22.7. The van der Waals surface area contributed by atoms with Gasteiger partial charge in [-0.3, -0.25) is 4.79 Å². The van der Waals surface area contributed by atoms with Gasteiger partial charge in [0.1, 0.15) is 12.2 Å². The molecule has 0 aromatic heterocycles. The van der Waals surface area contributed by atoms with Gasteiger partial charge in [0.05, 0.1) is 82.4 Å². The summed E-state index contributed by atoms with van der Waals surface area (Å²) in [4.78, 5) is 13.2. The van der Waals surface area contributed by atoms with Crippen LogP contribution in [0.3, 0.4) is 0 Å². The largest absolute Gasteiger partial charge is 0.457 e. The molecule has 4 aliphatic heterocycles. The molecule has 0 aliphatic carbocycles. The molecule has 374 valence electrons. The number of rotatable bonds is 31. The van der Waals surface area contributed by atoms with Crippen LogP contribution in [0.4, 0.5) is 0 Å². The van der Waals surface area contributed by atoms with Crippen molar-refractivity contribution in [3.63, 3.8) is 0 Å². The summed E-state index contributed by atoms with van der Waals surface area (Å²) < 4.78 is 65.9. The highest BCUT2D eigenvalue weighted by Crippen LogP contribution is 2.31.